The number of alkyl halides is 3. The fourth-order valence-electron chi connectivity index (χ4n) is 2.13. The Kier molecular flexibility index (Phi) is 6.36. The minimum absolute atomic E-state index is 0.0529. The van der Waals surface area contributed by atoms with Crippen LogP contribution in [0.25, 0.3) is 0 Å². The Labute approximate surface area is 138 Å². The highest BCUT2D eigenvalue weighted by molar-refractivity contribution is 5.97. The normalized spacial score (nSPS) is 12.0. The zero-order valence-corrected chi connectivity index (χ0v) is 13.8. The first-order chi connectivity index (χ1) is 11.0. The Balaban J connectivity index is 2.78. The highest BCUT2D eigenvalue weighted by atomic mass is 19.4. The lowest BCUT2D eigenvalue weighted by molar-refractivity contribution is -0.137. The van der Waals surface area contributed by atoms with Gasteiger partial charge in [0.1, 0.15) is 0 Å². The molecule has 0 aromatic heterocycles. The fourth-order valence-corrected chi connectivity index (χ4v) is 2.13. The van der Waals surface area contributed by atoms with E-state index in [9.17, 15) is 27.9 Å². The van der Waals surface area contributed by atoms with Crippen LogP contribution in [0.15, 0.2) is 24.3 Å². The summed E-state index contributed by atoms with van der Waals surface area (Å²) in [7, 11) is 0. The van der Waals surface area contributed by atoms with Crippen molar-refractivity contribution in [1.82, 2.24) is 10.2 Å². The zero-order chi connectivity index (χ0) is 18.5. The number of likely N-dealkylation sites (N-methyl/N-ethyl adjacent to an activating group) is 1. The average Bonchev–Trinajstić information content (AvgIpc) is 2.48. The van der Waals surface area contributed by atoms with Gasteiger partial charge in [0.2, 0.25) is 5.91 Å². The largest absolute Gasteiger partial charge is 0.417 e. The number of aliphatic hydroxyl groups is 1. The molecule has 8 heteroatoms. The second-order valence-corrected chi connectivity index (χ2v) is 5.95. The number of amides is 2. The van der Waals surface area contributed by atoms with Gasteiger partial charge >= 0.3 is 6.18 Å². The quantitative estimate of drug-likeness (QED) is 0.828. The molecule has 2 amide bonds. The maximum atomic E-state index is 12.9. The summed E-state index contributed by atoms with van der Waals surface area (Å²) in [6.45, 7) is 4.66. The Hall–Kier alpha value is -2.09. The number of nitrogens with zero attached hydrogens (tertiary/aromatic N) is 1. The molecular weight excluding hydrogens is 325 g/mol. The zero-order valence-electron chi connectivity index (χ0n) is 13.8. The SMILES string of the molecule is CCN(CC(C)(C)O)C(=O)CNC(=O)c1ccccc1C(F)(F)F. The van der Waals surface area contributed by atoms with E-state index in [-0.39, 0.29) is 6.54 Å². The second-order valence-electron chi connectivity index (χ2n) is 5.95. The van der Waals surface area contributed by atoms with E-state index in [1.165, 1.54) is 30.9 Å². The van der Waals surface area contributed by atoms with Gasteiger partial charge in [0.05, 0.1) is 23.3 Å². The van der Waals surface area contributed by atoms with E-state index in [1.54, 1.807) is 6.92 Å². The predicted octanol–water partition coefficient (Wildman–Crippen LogP) is 2.05. The number of rotatable bonds is 6. The van der Waals surface area contributed by atoms with Crippen molar-refractivity contribution in [2.75, 3.05) is 19.6 Å². The molecule has 2 N–H and O–H groups in total. The van der Waals surface area contributed by atoms with Crippen molar-refractivity contribution in [2.45, 2.75) is 32.5 Å². The molecule has 0 spiro atoms. The van der Waals surface area contributed by atoms with Crippen LogP contribution in [0.1, 0.15) is 36.7 Å². The molecule has 0 heterocycles. The predicted molar refractivity (Wildman–Crippen MR) is 82.3 cm³/mol. The Morgan fingerprint density at radius 3 is 2.29 bits per heavy atom. The molecule has 0 aliphatic rings. The molecule has 1 aromatic carbocycles. The minimum Gasteiger partial charge on any atom is -0.389 e. The molecule has 0 saturated carbocycles. The summed E-state index contributed by atoms with van der Waals surface area (Å²) < 4.78 is 38.7. The van der Waals surface area contributed by atoms with E-state index in [1.807, 2.05) is 0 Å². The molecule has 0 atom stereocenters. The van der Waals surface area contributed by atoms with Crippen LogP contribution in [0.3, 0.4) is 0 Å². The maximum absolute atomic E-state index is 12.9. The number of nitrogens with one attached hydrogen (secondary N) is 1. The summed E-state index contributed by atoms with van der Waals surface area (Å²) in [4.78, 5) is 25.3. The maximum Gasteiger partial charge on any atom is 0.417 e. The molecule has 5 nitrogen and oxygen atoms in total. The summed E-state index contributed by atoms with van der Waals surface area (Å²) in [6, 6.07) is 4.37. The number of carbonyl (C=O) groups excluding carboxylic acids is 2. The average molecular weight is 346 g/mol. The van der Waals surface area contributed by atoms with Crippen molar-refractivity contribution in [3.05, 3.63) is 35.4 Å². The van der Waals surface area contributed by atoms with Gasteiger partial charge in [-0.2, -0.15) is 13.2 Å². The molecule has 0 aliphatic carbocycles. The monoisotopic (exact) mass is 346 g/mol. The summed E-state index contributed by atoms with van der Waals surface area (Å²) in [5.41, 5.74) is -2.71. The van der Waals surface area contributed by atoms with Crippen molar-refractivity contribution in [3.63, 3.8) is 0 Å². The number of carbonyl (C=O) groups is 2. The van der Waals surface area contributed by atoms with Crippen molar-refractivity contribution in [3.8, 4) is 0 Å². The number of halogens is 3. The van der Waals surface area contributed by atoms with Crippen molar-refractivity contribution in [1.29, 1.82) is 0 Å². The fraction of sp³-hybridized carbons (Fsp3) is 0.500. The Bertz CT molecular complexity index is 595. The van der Waals surface area contributed by atoms with Gasteiger partial charge in [-0.15, -0.1) is 0 Å². The third-order valence-electron chi connectivity index (χ3n) is 3.19. The van der Waals surface area contributed by atoms with Gasteiger partial charge in [-0.1, -0.05) is 12.1 Å². The van der Waals surface area contributed by atoms with Crippen LogP contribution in [0, 0.1) is 0 Å². The lowest BCUT2D eigenvalue weighted by atomic mass is 10.1. The minimum atomic E-state index is -4.66. The lowest BCUT2D eigenvalue weighted by Crippen LogP contribution is -2.46. The van der Waals surface area contributed by atoms with E-state index in [0.717, 1.165) is 12.1 Å². The standard InChI is InChI=1S/C16H21F3N2O3/c1-4-21(10-15(2,3)24)13(22)9-20-14(23)11-7-5-6-8-12(11)16(17,18)19/h5-8,24H,4,9-10H2,1-3H3,(H,20,23). The summed E-state index contributed by atoms with van der Waals surface area (Å²) in [6.07, 6.45) is -4.66. The first-order valence-electron chi connectivity index (χ1n) is 7.40. The topological polar surface area (TPSA) is 69.6 Å². The van der Waals surface area contributed by atoms with E-state index < -0.39 is 41.3 Å². The van der Waals surface area contributed by atoms with Crippen LogP contribution in [-0.4, -0.2) is 47.1 Å². The molecule has 1 aromatic rings. The third-order valence-corrected chi connectivity index (χ3v) is 3.19. The van der Waals surface area contributed by atoms with Crippen LogP contribution < -0.4 is 5.32 Å². The molecule has 0 bridgehead atoms. The van der Waals surface area contributed by atoms with E-state index >= 15 is 0 Å². The van der Waals surface area contributed by atoms with Gasteiger partial charge in [-0.3, -0.25) is 9.59 Å². The molecule has 1 rings (SSSR count). The number of hydrogen-bond acceptors (Lipinski definition) is 3. The first kappa shape index (κ1) is 20.0. The first-order valence-corrected chi connectivity index (χ1v) is 7.40. The second kappa shape index (κ2) is 7.65. The van der Waals surface area contributed by atoms with Gasteiger partial charge in [0.25, 0.3) is 5.91 Å². The molecular formula is C16H21F3N2O3. The summed E-state index contributed by atoms with van der Waals surface area (Å²) in [5.74, 6) is -1.46. The highest BCUT2D eigenvalue weighted by Gasteiger charge is 2.35. The number of hydrogen-bond donors (Lipinski definition) is 2. The molecule has 0 radical (unpaired) electrons. The van der Waals surface area contributed by atoms with Crippen LogP contribution in [0.5, 0.6) is 0 Å². The molecule has 134 valence electrons. The molecule has 0 saturated heterocycles. The van der Waals surface area contributed by atoms with Gasteiger partial charge in [0.15, 0.2) is 0 Å². The molecule has 0 fully saturated rings. The van der Waals surface area contributed by atoms with Crippen LogP contribution in [-0.2, 0) is 11.0 Å². The van der Waals surface area contributed by atoms with Crippen LogP contribution in [0.2, 0.25) is 0 Å². The molecule has 0 unspecified atom stereocenters. The van der Waals surface area contributed by atoms with Gasteiger partial charge in [-0.25, -0.2) is 0 Å². The number of benzene rings is 1. The van der Waals surface area contributed by atoms with Gasteiger partial charge < -0.3 is 15.3 Å². The van der Waals surface area contributed by atoms with Crippen LogP contribution in [0.4, 0.5) is 13.2 Å². The molecule has 24 heavy (non-hydrogen) atoms. The van der Waals surface area contributed by atoms with Gasteiger partial charge in [-0.05, 0) is 32.9 Å². The highest BCUT2D eigenvalue weighted by Crippen LogP contribution is 2.31. The van der Waals surface area contributed by atoms with E-state index in [2.05, 4.69) is 5.32 Å². The molecule has 0 aliphatic heterocycles. The Morgan fingerprint density at radius 2 is 1.79 bits per heavy atom. The van der Waals surface area contributed by atoms with Crippen LogP contribution >= 0.6 is 0 Å². The van der Waals surface area contributed by atoms with Gasteiger partial charge in [0, 0.05) is 13.1 Å². The van der Waals surface area contributed by atoms with Crippen molar-refractivity contribution >= 4 is 11.8 Å². The van der Waals surface area contributed by atoms with E-state index in [4.69, 9.17) is 0 Å². The summed E-state index contributed by atoms with van der Waals surface area (Å²) in [5, 5.41) is 11.9. The summed E-state index contributed by atoms with van der Waals surface area (Å²) >= 11 is 0. The smallest absolute Gasteiger partial charge is 0.389 e. The lowest BCUT2D eigenvalue weighted by Gasteiger charge is -2.28. The Morgan fingerprint density at radius 1 is 1.21 bits per heavy atom. The van der Waals surface area contributed by atoms with E-state index in [0.29, 0.717) is 6.54 Å². The van der Waals surface area contributed by atoms with Crippen molar-refractivity contribution < 1.29 is 27.9 Å². The third kappa shape index (κ3) is 5.84. The van der Waals surface area contributed by atoms with Crippen molar-refractivity contribution in [2.24, 2.45) is 0 Å².